The van der Waals surface area contributed by atoms with Crippen molar-refractivity contribution in [2.45, 2.75) is 44.8 Å². The molecule has 0 aromatic carbocycles. The van der Waals surface area contributed by atoms with E-state index in [1.54, 1.807) is 19.9 Å². The minimum absolute atomic E-state index is 0.394. The van der Waals surface area contributed by atoms with Crippen molar-refractivity contribution in [1.29, 1.82) is 0 Å². The van der Waals surface area contributed by atoms with E-state index in [1.165, 1.54) is 24.7 Å². The van der Waals surface area contributed by atoms with Gasteiger partial charge < -0.3 is 14.8 Å². The van der Waals surface area contributed by atoms with Crippen LogP contribution in [0.1, 0.15) is 49.4 Å². The highest BCUT2D eigenvalue weighted by Gasteiger charge is 2.28. The Kier molecular flexibility index (Phi) is 3.89. The van der Waals surface area contributed by atoms with Gasteiger partial charge in [-0.15, -0.1) is 0 Å². The van der Waals surface area contributed by atoms with Gasteiger partial charge in [-0.05, 0) is 44.2 Å². The van der Waals surface area contributed by atoms with Gasteiger partial charge in [-0.2, -0.15) is 0 Å². The molecule has 0 spiro atoms. The molecule has 2 N–H and O–H groups in total. The molecule has 1 saturated carbocycles. The topological polar surface area (TPSA) is 75.3 Å². The summed E-state index contributed by atoms with van der Waals surface area (Å²) in [7, 11) is 0. The summed E-state index contributed by atoms with van der Waals surface area (Å²) in [5.74, 6) is 1.26. The number of nitrogens with zero attached hydrogens (tertiary/aromatic N) is 4. The summed E-state index contributed by atoms with van der Waals surface area (Å²) in [6.45, 7) is 4.11. The fourth-order valence-corrected chi connectivity index (χ4v) is 3.10. The number of anilines is 1. The Hall–Kier alpha value is -2.18. The fourth-order valence-electron chi connectivity index (χ4n) is 2.96. The number of nitrogens with one attached hydrogen (secondary N) is 1. The summed E-state index contributed by atoms with van der Waals surface area (Å²) in [4.78, 5) is 12.7. The highest BCUT2D eigenvalue weighted by atomic mass is 35.5. The number of pyridine rings is 1. The third-order valence-corrected chi connectivity index (χ3v) is 4.62. The molecule has 7 heteroatoms. The van der Waals surface area contributed by atoms with Crippen molar-refractivity contribution in [3.63, 3.8) is 0 Å². The summed E-state index contributed by atoms with van der Waals surface area (Å²) in [5.41, 5.74) is 2.84. The molecular formula is C18H20ClN5O. The second kappa shape index (κ2) is 5.97. The molecule has 1 aliphatic carbocycles. The largest absolute Gasteiger partial charge is 0.386 e. The summed E-state index contributed by atoms with van der Waals surface area (Å²) >= 11 is 5.88. The van der Waals surface area contributed by atoms with Crippen molar-refractivity contribution in [2.75, 3.05) is 5.32 Å². The molecule has 0 unspecified atom stereocenters. The molecule has 0 atom stereocenters. The predicted molar refractivity (Wildman–Crippen MR) is 96.8 cm³/mol. The van der Waals surface area contributed by atoms with E-state index in [0.29, 0.717) is 23.4 Å². The van der Waals surface area contributed by atoms with Gasteiger partial charge in [0, 0.05) is 24.0 Å². The van der Waals surface area contributed by atoms with Crippen LogP contribution in [0.5, 0.6) is 0 Å². The van der Waals surface area contributed by atoms with Crippen LogP contribution in [-0.4, -0.2) is 24.5 Å². The number of halogens is 1. The standard InChI is InChI=1S/C18H20ClN5O/c1-18(2,25)14-5-12(11-3-4-11)8-24-9-13(23-17(14)24)7-20-16-6-15(19)21-10-22-16/h5-6,8-11,25H,3-4,7H2,1-2H3,(H,20,21,22). The van der Waals surface area contributed by atoms with Gasteiger partial charge in [0.15, 0.2) is 0 Å². The molecule has 0 saturated heterocycles. The first-order chi connectivity index (χ1) is 11.9. The molecular weight excluding hydrogens is 338 g/mol. The van der Waals surface area contributed by atoms with E-state index in [-0.39, 0.29) is 0 Å². The van der Waals surface area contributed by atoms with Crippen LogP contribution in [0.25, 0.3) is 5.65 Å². The maximum atomic E-state index is 10.6. The maximum Gasteiger partial charge on any atom is 0.143 e. The van der Waals surface area contributed by atoms with E-state index >= 15 is 0 Å². The molecule has 0 radical (unpaired) electrons. The average Bonchev–Trinajstić information content (AvgIpc) is 3.31. The molecule has 3 aromatic rings. The summed E-state index contributed by atoms with van der Waals surface area (Å²) < 4.78 is 2.02. The number of fused-ring (bicyclic) bond motifs is 1. The van der Waals surface area contributed by atoms with Crippen LogP contribution in [0.15, 0.2) is 30.9 Å². The van der Waals surface area contributed by atoms with E-state index in [9.17, 15) is 5.11 Å². The van der Waals surface area contributed by atoms with E-state index in [1.807, 2.05) is 10.6 Å². The third kappa shape index (κ3) is 3.45. The Morgan fingerprint density at radius 2 is 2.08 bits per heavy atom. The van der Waals surface area contributed by atoms with Crippen molar-refractivity contribution in [2.24, 2.45) is 0 Å². The van der Waals surface area contributed by atoms with Crippen LogP contribution < -0.4 is 5.32 Å². The zero-order valence-corrected chi connectivity index (χ0v) is 15.0. The van der Waals surface area contributed by atoms with Gasteiger partial charge in [0.05, 0.1) is 17.8 Å². The molecule has 1 aliphatic rings. The molecule has 6 nitrogen and oxygen atoms in total. The third-order valence-electron chi connectivity index (χ3n) is 4.41. The number of rotatable bonds is 5. The highest BCUT2D eigenvalue weighted by Crippen LogP contribution is 2.41. The molecule has 0 amide bonds. The number of hydrogen-bond acceptors (Lipinski definition) is 5. The Balaban J connectivity index is 1.66. The Morgan fingerprint density at radius 1 is 1.28 bits per heavy atom. The number of aliphatic hydroxyl groups is 1. The van der Waals surface area contributed by atoms with Crippen molar-refractivity contribution >= 4 is 23.1 Å². The van der Waals surface area contributed by atoms with Crippen molar-refractivity contribution in [3.8, 4) is 0 Å². The number of hydrogen-bond donors (Lipinski definition) is 2. The van der Waals surface area contributed by atoms with Gasteiger partial charge in [0.2, 0.25) is 0 Å². The molecule has 130 valence electrons. The second-order valence-corrected chi connectivity index (χ2v) is 7.45. The van der Waals surface area contributed by atoms with Crippen LogP contribution in [0.4, 0.5) is 5.82 Å². The van der Waals surface area contributed by atoms with Crippen LogP contribution in [0.3, 0.4) is 0 Å². The maximum absolute atomic E-state index is 10.6. The zero-order chi connectivity index (χ0) is 17.6. The molecule has 1 fully saturated rings. The summed E-state index contributed by atoms with van der Waals surface area (Å²) in [6, 6.07) is 3.77. The Morgan fingerprint density at radius 3 is 2.76 bits per heavy atom. The van der Waals surface area contributed by atoms with Gasteiger partial charge in [-0.25, -0.2) is 15.0 Å². The van der Waals surface area contributed by atoms with Crippen LogP contribution in [0.2, 0.25) is 5.15 Å². The smallest absolute Gasteiger partial charge is 0.143 e. The van der Waals surface area contributed by atoms with Crippen LogP contribution >= 0.6 is 11.6 Å². The first-order valence-electron chi connectivity index (χ1n) is 8.36. The van der Waals surface area contributed by atoms with E-state index in [4.69, 9.17) is 16.6 Å². The lowest BCUT2D eigenvalue weighted by atomic mass is 9.97. The van der Waals surface area contributed by atoms with Gasteiger partial charge in [0.1, 0.15) is 22.9 Å². The Bertz CT molecular complexity index is 927. The molecule has 0 aliphatic heterocycles. The molecule has 3 aromatic heterocycles. The van der Waals surface area contributed by atoms with Gasteiger partial charge in [-0.3, -0.25) is 0 Å². The Labute approximate surface area is 150 Å². The molecule has 0 bridgehead atoms. The van der Waals surface area contributed by atoms with Gasteiger partial charge in [-0.1, -0.05) is 11.6 Å². The normalized spacial score (nSPS) is 14.9. The second-order valence-electron chi connectivity index (χ2n) is 7.06. The van der Waals surface area contributed by atoms with Gasteiger partial charge in [0.25, 0.3) is 0 Å². The fraction of sp³-hybridized carbons (Fsp3) is 0.389. The lowest BCUT2D eigenvalue weighted by Crippen LogP contribution is -2.17. The minimum atomic E-state index is -0.942. The number of aromatic nitrogens is 4. The minimum Gasteiger partial charge on any atom is -0.386 e. The average molecular weight is 358 g/mol. The lowest BCUT2D eigenvalue weighted by Gasteiger charge is -2.19. The highest BCUT2D eigenvalue weighted by molar-refractivity contribution is 6.29. The lowest BCUT2D eigenvalue weighted by molar-refractivity contribution is 0.0795. The first kappa shape index (κ1) is 16.3. The van der Waals surface area contributed by atoms with Crippen molar-refractivity contribution in [1.82, 2.24) is 19.4 Å². The summed E-state index contributed by atoms with van der Waals surface area (Å²) in [5, 5.41) is 14.2. The van der Waals surface area contributed by atoms with E-state index in [2.05, 4.69) is 27.5 Å². The molecule has 3 heterocycles. The molecule has 4 rings (SSSR count). The van der Waals surface area contributed by atoms with E-state index < -0.39 is 5.60 Å². The monoisotopic (exact) mass is 357 g/mol. The quantitative estimate of drug-likeness (QED) is 0.683. The van der Waals surface area contributed by atoms with Crippen molar-refractivity contribution in [3.05, 3.63) is 52.8 Å². The first-order valence-corrected chi connectivity index (χ1v) is 8.74. The predicted octanol–water partition coefficient (Wildman–Crippen LogP) is 3.49. The van der Waals surface area contributed by atoms with Gasteiger partial charge >= 0.3 is 0 Å². The van der Waals surface area contributed by atoms with Crippen molar-refractivity contribution < 1.29 is 5.11 Å². The SMILES string of the molecule is CC(C)(O)c1cc(C2CC2)cn2cc(CNc3cc(Cl)ncn3)nc12. The van der Waals surface area contributed by atoms with Crippen LogP contribution in [0, 0.1) is 0 Å². The zero-order valence-electron chi connectivity index (χ0n) is 14.2. The number of imidazole rings is 1. The van der Waals surface area contributed by atoms with Crippen LogP contribution in [-0.2, 0) is 12.1 Å². The summed E-state index contributed by atoms with van der Waals surface area (Å²) in [6.07, 6.45) is 7.97. The molecule has 25 heavy (non-hydrogen) atoms. The van der Waals surface area contributed by atoms with E-state index in [0.717, 1.165) is 16.9 Å².